The molecular formula is C18H12N4OS. The van der Waals surface area contributed by atoms with Crippen LogP contribution in [0.25, 0.3) is 27.1 Å². The first-order valence-corrected chi connectivity index (χ1v) is 8.40. The third-order valence-corrected chi connectivity index (χ3v) is 4.93. The summed E-state index contributed by atoms with van der Waals surface area (Å²) in [5.74, 6) is 0.708. The van der Waals surface area contributed by atoms with E-state index in [0.717, 1.165) is 22.0 Å². The summed E-state index contributed by atoms with van der Waals surface area (Å²) in [5.41, 5.74) is 2.15. The maximum absolute atomic E-state index is 5.13. The molecule has 0 aliphatic heterocycles. The van der Waals surface area contributed by atoms with Crippen LogP contribution in [0.2, 0.25) is 0 Å². The van der Waals surface area contributed by atoms with E-state index < -0.39 is 0 Å². The van der Waals surface area contributed by atoms with Gasteiger partial charge >= 0.3 is 0 Å². The number of furan rings is 1. The lowest BCUT2D eigenvalue weighted by atomic mass is 10.0. The van der Waals surface area contributed by atoms with E-state index in [-0.39, 0.29) is 0 Å². The van der Waals surface area contributed by atoms with Gasteiger partial charge in [-0.3, -0.25) is 0 Å². The van der Waals surface area contributed by atoms with Crippen molar-refractivity contribution in [2.75, 3.05) is 0 Å². The molecule has 3 heterocycles. The summed E-state index contributed by atoms with van der Waals surface area (Å²) in [4.78, 5) is 0.793. The highest BCUT2D eigenvalue weighted by Gasteiger charge is 2.15. The van der Waals surface area contributed by atoms with Gasteiger partial charge in [-0.05, 0) is 22.4 Å². The van der Waals surface area contributed by atoms with Crippen molar-refractivity contribution in [2.24, 2.45) is 0 Å². The highest BCUT2D eigenvalue weighted by molar-refractivity contribution is 7.16. The maximum Gasteiger partial charge on any atom is 0.234 e. The average Bonchev–Trinajstić information content (AvgIpc) is 3.32. The molecule has 5 nitrogen and oxygen atoms in total. The first kappa shape index (κ1) is 13.4. The van der Waals surface area contributed by atoms with Gasteiger partial charge < -0.3 is 4.42 Å². The van der Waals surface area contributed by atoms with E-state index in [2.05, 4.69) is 52.7 Å². The van der Waals surface area contributed by atoms with Crippen LogP contribution in [-0.4, -0.2) is 19.8 Å². The highest BCUT2D eigenvalue weighted by Crippen LogP contribution is 2.25. The molecule has 0 aliphatic carbocycles. The topological polar surface area (TPSA) is 56.2 Å². The van der Waals surface area contributed by atoms with Crippen LogP contribution in [0.15, 0.2) is 65.5 Å². The van der Waals surface area contributed by atoms with Gasteiger partial charge in [0, 0.05) is 6.42 Å². The highest BCUT2D eigenvalue weighted by atomic mass is 32.1. The molecule has 0 aliphatic rings. The molecule has 5 rings (SSSR count). The Balaban J connectivity index is 1.58. The summed E-state index contributed by atoms with van der Waals surface area (Å²) in [6, 6.07) is 16.7. The fourth-order valence-corrected chi connectivity index (χ4v) is 3.77. The first-order valence-electron chi connectivity index (χ1n) is 7.59. The Hall–Kier alpha value is -2.99. The molecular weight excluding hydrogens is 320 g/mol. The number of hydrogen-bond acceptors (Lipinski definition) is 5. The van der Waals surface area contributed by atoms with Gasteiger partial charge in [0.2, 0.25) is 4.96 Å². The van der Waals surface area contributed by atoms with Crippen LogP contribution in [0.3, 0.4) is 0 Å². The van der Waals surface area contributed by atoms with E-state index in [1.165, 1.54) is 16.3 Å². The molecule has 0 atom stereocenters. The lowest BCUT2D eigenvalue weighted by molar-refractivity contribution is 0.567. The molecule has 3 aromatic heterocycles. The SMILES string of the molecule is c1ccc2c(Cc3nn4c(-c5ccoc5)nnc4s3)cccc2c1. The van der Waals surface area contributed by atoms with Crippen molar-refractivity contribution in [1.29, 1.82) is 0 Å². The Bertz CT molecular complexity index is 1140. The van der Waals surface area contributed by atoms with Crippen molar-refractivity contribution in [1.82, 2.24) is 19.8 Å². The Kier molecular flexibility index (Phi) is 2.96. The lowest BCUT2D eigenvalue weighted by Crippen LogP contribution is -1.93. The minimum atomic E-state index is 0.708. The zero-order valence-electron chi connectivity index (χ0n) is 12.6. The second kappa shape index (κ2) is 5.28. The Morgan fingerprint density at radius 1 is 1.00 bits per heavy atom. The van der Waals surface area contributed by atoms with Gasteiger partial charge in [0.15, 0.2) is 5.82 Å². The number of benzene rings is 2. The Morgan fingerprint density at radius 3 is 2.83 bits per heavy atom. The molecule has 0 amide bonds. The van der Waals surface area contributed by atoms with Crippen LogP contribution >= 0.6 is 11.3 Å². The van der Waals surface area contributed by atoms with Crippen molar-refractivity contribution in [3.05, 3.63) is 71.6 Å². The Morgan fingerprint density at radius 2 is 1.92 bits per heavy atom. The largest absolute Gasteiger partial charge is 0.472 e. The van der Waals surface area contributed by atoms with Crippen molar-refractivity contribution in [2.45, 2.75) is 6.42 Å². The zero-order valence-corrected chi connectivity index (χ0v) is 13.4. The maximum atomic E-state index is 5.13. The number of fused-ring (bicyclic) bond motifs is 2. The Labute approximate surface area is 141 Å². The van der Waals surface area contributed by atoms with Gasteiger partial charge in [0.25, 0.3) is 0 Å². The summed E-state index contributed by atoms with van der Waals surface area (Å²) in [6.45, 7) is 0. The molecule has 2 aromatic carbocycles. The molecule has 0 spiro atoms. The number of nitrogens with zero attached hydrogens (tertiary/aromatic N) is 4. The summed E-state index contributed by atoms with van der Waals surface area (Å²) >= 11 is 1.57. The van der Waals surface area contributed by atoms with Gasteiger partial charge in [-0.25, -0.2) is 0 Å². The molecule has 0 N–H and O–H groups in total. The van der Waals surface area contributed by atoms with E-state index in [1.807, 2.05) is 6.07 Å². The summed E-state index contributed by atoms with van der Waals surface area (Å²) in [7, 11) is 0. The van der Waals surface area contributed by atoms with Gasteiger partial charge in [-0.1, -0.05) is 53.8 Å². The monoisotopic (exact) mass is 332 g/mol. The number of aromatic nitrogens is 4. The van der Waals surface area contributed by atoms with Gasteiger partial charge in [0.1, 0.15) is 11.3 Å². The predicted octanol–water partition coefficient (Wildman–Crippen LogP) is 4.19. The quantitative estimate of drug-likeness (QED) is 0.497. The third kappa shape index (κ3) is 2.11. The average molecular weight is 332 g/mol. The normalized spacial score (nSPS) is 11.5. The van der Waals surface area contributed by atoms with Gasteiger partial charge in [-0.2, -0.15) is 9.61 Å². The summed E-state index contributed by atoms with van der Waals surface area (Å²) in [5, 5.41) is 16.6. The van der Waals surface area contributed by atoms with Crippen LogP contribution in [0.4, 0.5) is 0 Å². The second-order valence-corrected chi connectivity index (χ2v) is 6.58. The minimum absolute atomic E-state index is 0.708. The molecule has 0 saturated heterocycles. The second-order valence-electron chi connectivity index (χ2n) is 5.54. The molecule has 0 saturated carbocycles. The van der Waals surface area contributed by atoms with E-state index in [4.69, 9.17) is 9.52 Å². The van der Waals surface area contributed by atoms with Crippen molar-refractivity contribution in [3.8, 4) is 11.4 Å². The molecule has 6 heteroatoms. The van der Waals surface area contributed by atoms with E-state index >= 15 is 0 Å². The number of rotatable bonds is 3. The molecule has 24 heavy (non-hydrogen) atoms. The fraction of sp³-hybridized carbons (Fsp3) is 0.0556. The molecule has 5 aromatic rings. The third-order valence-electron chi connectivity index (χ3n) is 4.03. The molecule has 116 valence electrons. The van der Waals surface area contributed by atoms with Crippen LogP contribution in [0, 0.1) is 0 Å². The molecule has 0 fully saturated rings. The summed E-state index contributed by atoms with van der Waals surface area (Å²) < 4.78 is 6.92. The van der Waals surface area contributed by atoms with Gasteiger partial charge in [-0.15, -0.1) is 10.2 Å². The fourth-order valence-electron chi connectivity index (χ4n) is 2.91. The van der Waals surface area contributed by atoms with Crippen LogP contribution in [0.5, 0.6) is 0 Å². The van der Waals surface area contributed by atoms with Crippen LogP contribution in [0.1, 0.15) is 10.6 Å². The van der Waals surface area contributed by atoms with Crippen LogP contribution in [-0.2, 0) is 6.42 Å². The molecule has 0 bridgehead atoms. The standard InChI is InChI=1S/C18H12N4OS/c1-2-7-15-12(4-1)5-3-6-13(15)10-16-21-22-17(14-8-9-23-11-14)19-20-18(22)24-16/h1-9,11H,10H2. The molecule has 0 radical (unpaired) electrons. The van der Waals surface area contributed by atoms with E-state index in [9.17, 15) is 0 Å². The van der Waals surface area contributed by atoms with Crippen molar-refractivity contribution < 1.29 is 4.42 Å². The number of hydrogen-bond donors (Lipinski definition) is 0. The zero-order chi connectivity index (χ0) is 15.9. The van der Waals surface area contributed by atoms with Crippen molar-refractivity contribution >= 4 is 27.1 Å². The van der Waals surface area contributed by atoms with E-state index in [0.29, 0.717) is 5.82 Å². The lowest BCUT2D eigenvalue weighted by Gasteiger charge is -2.04. The first-order chi connectivity index (χ1) is 11.9. The van der Waals surface area contributed by atoms with Crippen LogP contribution < -0.4 is 0 Å². The van der Waals surface area contributed by atoms with E-state index in [1.54, 1.807) is 28.4 Å². The smallest absolute Gasteiger partial charge is 0.234 e. The minimum Gasteiger partial charge on any atom is -0.472 e. The summed E-state index contributed by atoms with van der Waals surface area (Å²) in [6.07, 6.45) is 4.06. The molecule has 0 unspecified atom stereocenters. The van der Waals surface area contributed by atoms with Gasteiger partial charge in [0.05, 0.1) is 11.8 Å². The predicted molar refractivity (Wildman–Crippen MR) is 93.1 cm³/mol. The van der Waals surface area contributed by atoms with Crippen molar-refractivity contribution in [3.63, 3.8) is 0 Å².